The van der Waals surface area contributed by atoms with E-state index in [1.54, 1.807) is 6.07 Å². The number of H-pyrrole nitrogens is 1. The molecule has 4 heterocycles. The van der Waals surface area contributed by atoms with E-state index >= 15 is 0 Å². The maximum atomic E-state index is 12.0. The van der Waals surface area contributed by atoms with E-state index in [0.29, 0.717) is 28.2 Å². The van der Waals surface area contributed by atoms with Crippen molar-refractivity contribution in [1.82, 2.24) is 14.9 Å². The van der Waals surface area contributed by atoms with Crippen LogP contribution in [0.3, 0.4) is 0 Å². The number of likely N-dealkylation sites (N-methyl/N-ethyl adjacent to an activating group) is 1. The number of carbonyl (C=O) groups is 2. The molecule has 0 unspecified atom stereocenters. The van der Waals surface area contributed by atoms with Crippen LogP contribution in [0.5, 0.6) is 5.75 Å². The topological polar surface area (TPSA) is 151 Å². The molecule has 0 fully saturated rings. The molecular weight excluding hydrogens is 458 g/mol. The molecule has 1 aromatic carbocycles. The number of carboxylic acid groups (broad SMARTS) is 1. The first-order valence-corrected chi connectivity index (χ1v) is 10.4. The zero-order chi connectivity index (χ0) is 22.1. The highest BCUT2D eigenvalue weighted by Gasteiger charge is 2.22. The van der Waals surface area contributed by atoms with E-state index in [9.17, 15) is 14.4 Å². The summed E-state index contributed by atoms with van der Waals surface area (Å²) in [6.07, 6.45) is 0.809. The number of hydrogen-bond donors (Lipinski definition) is 4. The first-order valence-electron chi connectivity index (χ1n) is 9.57. The van der Waals surface area contributed by atoms with Gasteiger partial charge in [0, 0.05) is 24.5 Å². The predicted octanol–water partition coefficient (Wildman–Crippen LogP) is 1.57. The van der Waals surface area contributed by atoms with Crippen LogP contribution in [0.15, 0.2) is 23.0 Å². The number of nitrogens with one attached hydrogen (secondary N) is 2. The van der Waals surface area contributed by atoms with Crippen molar-refractivity contribution in [2.45, 2.75) is 19.5 Å². The van der Waals surface area contributed by atoms with Crippen molar-refractivity contribution in [1.29, 1.82) is 0 Å². The van der Waals surface area contributed by atoms with Gasteiger partial charge in [-0.2, -0.15) is 0 Å². The van der Waals surface area contributed by atoms with Crippen LogP contribution in [0.25, 0.3) is 10.2 Å². The van der Waals surface area contributed by atoms with Gasteiger partial charge < -0.3 is 30.8 Å². The number of benzene rings is 1. The van der Waals surface area contributed by atoms with Crippen LogP contribution in [-0.2, 0) is 24.3 Å². The number of hydrogen-bond acceptors (Lipinski definition) is 8. The number of fused-ring (bicyclic) bond motifs is 4. The first-order chi connectivity index (χ1) is 14.9. The van der Waals surface area contributed by atoms with Crippen molar-refractivity contribution in [3.63, 3.8) is 0 Å². The molecule has 0 radical (unpaired) electrons. The van der Waals surface area contributed by atoms with Gasteiger partial charge in [0.25, 0.3) is 11.5 Å². The van der Waals surface area contributed by atoms with Crippen LogP contribution in [0.1, 0.15) is 26.6 Å². The molecule has 5 N–H and O–H groups in total. The summed E-state index contributed by atoms with van der Waals surface area (Å²) in [5.74, 6) is -0.924. The molecule has 0 spiro atoms. The highest BCUT2D eigenvalue weighted by molar-refractivity contribution is 7.18. The monoisotopic (exact) mass is 479 g/mol. The minimum atomic E-state index is -1.21. The van der Waals surface area contributed by atoms with Gasteiger partial charge in [0.2, 0.25) is 5.82 Å². The van der Waals surface area contributed by atoms with E-state index in [0.717, 1.165) is 35.5 Å². The minimum absolute atomic E-state index is 0. The summed E-state index contributed by atoms with van der Waals surface area (Å²) in [7, 11) is 2.02. The molecule has 0 atom stereocenters. The van der Waals surface area contributed by atoms with Gasteiger partial charge in [0.1, 0.15) is 10.6 Å². The number of anilines is 1. The Bertz CT molecular complexity index is 1240. The molecule has 3 aromatic rings. The van der Waals surface area contributed by atoms with E-state index in [2.05, 4.69) is 20.2 Å². The second kappa shape index (κ2) is 9.65. The molecule has 0 saturated carbocycles. The average Bonchev–Trinajstić information content (AvgIpc) is 3.11. The van der Waals surface area contributed by atoms with E-state index in [-0.39, 0.29) is 36.3 Å². The second-order valence-electron chi connectivity index (χ2n) is 7.26. The summed E-state index contributed by atoms with van der Waals surface area (Å²) in [5.41, 5.74) is 7.86. The van der Waals surface area contributed by atoms with Gasteiger partial charge in [-0.15, -0.1) is 23.7 Å². The molecule has 10 nitrogen and oxygen atoms in total. The van der Waals surface area contributed by atoms with Crippen molar-refractivity contribution in [2.75, 3.05) is 25.5 Å². The Hall–Kier alpha value is -2.99. The van der Waals surface area contributed by atoms with Crippen LogP contribution < -0.4 is 21.3 Å². The maximum absolute atomic E-state index is 12.0. The van der Waals surface area contributed by atoms with Crippen molar-refractivity contribution in [3.05, 3.63) is 50.4 Å². The number of aromatic amines is 1. The number of halogens is 1. The van der Waals surface area contributed by atoms with E-state index in [4.69, 9.17) is 15.6 Å². The third kappa shape index (κ3) is 4.75. The van der Waals surface area contributed by atoms with Gasteiger partial charge in [-0.1, -0.05) is 6.07 Å². The third-order valence-corrected chi connectivity index (χ3v) is 6.13. The fraction of sp³-hybridized carbons (Fsp3) is 0.300. The van der Waals surface area contributed by atoms with Crippen LogP contribution in [0.2, 0.25) is 0 Å². The molecule has 0 aliphatic carbocycles. The van der Waals surface area contributed by atoms with Gasteiger partial charge in [0.15, 0.2) is 6.61 Å². The molecule has 12 heteroatoms. The molecule has 2 aromatic heterocycles. The van der Waals surface area contributed by atoms with E-state index in [1.807, 2.05) is 19.2 Å². The Kier molecular flexibility index (Phi) is 7.14. The van der Waals surface area contributed by atoms with E-state index < -0.39 is 5.97 Å². The zero-order valence-corrected chi connectivity index (χ0v) is 18.8. The van der Waals surface area contributed by atoms with Crippen LogP contribution in [0.4, 0.5) is 5.69 Å². The summed E-state index contributed by atoms with van der Waals surface area (Å²) < 4.78 is 5.21. The van der Waals surface area contributed by atoms with E-state index in [1.165, 1.54) is 11.3 Å². The van der Waals surface area contributed by atoms with Crippen LogP contribution >= 0.6 is 23.7 Å². The summed E-state index contributed by atoms with van der Waals surface area (Å²) in [4.78, 5) is 43.9. The van der Waals surface area contributed by atoms with Crippen LogP contribution in [0, 0.1) is 0 Å². The Morgan fingerprint density at radius 1 is 1.38 bits per heavy atom. The number of nitrogens with two attached hydrogens (primary N) is 1. The van der Waals surface area contributed by atoms with Crippen LogP contribution in [-0.4, -0.2) is 52.1 Å². The lowest BCUT2D eigenvalue weighted by Gasteiger charge is -2.21. The normalized spacial score (nSPS) is 14.8. The summed E-state index contributed by atoms with van der Waals surface area (Å²) in [5, 5.41) is 12.1. The Morgan fingerprint density at radius 3 is 2.88 bits per heavy atom. The fourth-order valence-electron chi connectivity index (χ4n) is 3.48. The zero-order valence-electron chi connectivity index (χ0n) is 17.1. The number of thiophene rings is 1. The molecule has 0 bridgehead atoms. The largest absolute Gasteiger partial charge is 0.482 e. The standard InChI is InChI=1S/C11H11N3O3S.C9H10N2O2.ClH/c1-14-3-2-5-6(4-14)18-10-7(5)9(15)12-8(13-10)11(16)17;10-4-6-1-2-7-8(3-6)13-5-9(12)11-7;/h2-4H2,1H3,(H,16,17)(H,12,13,15);1-3H,4-5,10H2,(H,11,12);1H. The second-order valence-corrected chi connectivity index (χ2v) is 8.35. The molecule has 5 rings (SSSR count). The molecule has 0 saturated heterocycles. The van der Waals surface area contributed by atoms with Crippen molar-refractivity contribution in [2.24, 2.45) is 5.73 Å². The van der Waals surface area contributed by atoms with Crippen molar-refractivity contribution < 1.29 is 19.4 Å². The van der Waals surface area contributed by atoms with Gasteiger partial charge in [-0.05, 0) is 36.7 Å². The lowest BCUT2D eigenvalue weighted by atomic mass is 10.1. The maximum Gasteiger partial charge on any atom is 0.372 e. The molecule has 1 amide bonds. The molecule has 2 aliphatic heterocycles. The number of amides is 1. The molecule has 2 aliphatic rings. The lowest BCUT2D eigenvalue weighted by Crippen LogP contribution is -2.26. The number of aromatic carboxylic acids is 1. The quantitative estimate of drug-likeness (QED) is 0.432. The summed E-state index contributed by atoms with van der Waals surface area (Å²) in [6.45, 7) is 2.25. The van der Waals surface area contributed by atoms with Gasteiger partial charge in [-0.25, -0.2) is 9.78 Å². The van der Waals surface area contributed by atoms with Crippen molar-refractivity contribution in [3.8, 4) is 5.75 Å². The summed E-state index contributed by atoms with van der Waals surface area (Å²) >= 11 is 1.41. The number of carbonyl (C=O) groups excluding carboxylic acids is 1. The lowest BCUT2D eigenvalue weighted by molar-refractivity contribution is -0.118. The number of aromatic nitrogens is 2. The Morgan fingerprint density at radius 2 is 2.16 bits per heavy atom. The Balaban J connectivity index is 0.000000184. The van der Waals surface area contributed by atoms with Gasteiger partial charge in [-0.3, -0.25) is 9.59 Å². The first kappa shape index (κ1) is 23.7. The third-order valence-electron chi connectivity index (χ3n) is 5.02. The number of ether oxygens (including phenoxy) is 1. The Labute approximate surface area is 192 Å². The van der Waals surface area contributed by atoms with Gasteiger partial charge >= 0.3 is 5.97 Å². The predicted molar refractivity (Wildman–Crippen MR) is 123 cm³/mol. The van der Waals surface area contributed by atoms with Gasteiger partial charge in [0.05, 0.1) is 11.1 Å². The van der Waals surface area contributed by atoms with Crippen molar-refractivity contribution >= 4 is 51.5 Å². The minimum Gasteiger partial charge on any atom is -0.482 e. The molecule has 32 heavy (non-hydrogen) atoms. The SMILES string of the molecule is CN1CCc2c(sc3nc(C(=O)O)[nH]c(=O)c23)C1.Cl.NCc1ccc2c(c1)OCC(=O)N2. The smallest absolute Gasteiger partial charge is 0.372 e. The fourth-order valence-corrected chi connectivity index (χ4v) is 4.78. The number of carboxylic acids is 1. The number of nitrogens with zero attached hydrogens (tertiary/aromatic N) is 2. The molecular formula is C20H22ClN5O5S. The average molecular weight is 480 g/mol. The highest BCUT2D eigenvalue weighted by Crippen LogP contribution is 2.31. The number of rotatable bonds is 2. The molecule has 170 valence electrons. The highest BCUT2D eigenvalue weighted by atomic mass is 35.5. The summed E-state index contributed by atoms with van der Waals surface area (Å²) in [6, 6.07) is 5.51.